The van der Waals surface area contributed by atoms with Gasteiger partial charge in [-0.2, -0.15) is 0 Å². The van der Waals surface area contributed by atoms with E-state index in [0.717, 1.165) is 25.4 Å². The number of benzene rings is 1. The summed E-state index contributed by atoms with van der Waals surface area (Å²) in [7, 11) is 1.75. The van der Waals surface area contributed by atoms with Crippen LogP contribution in [0.5, 0.6) is 5.75 Å². The summed E-state index contributed by atoms with van der Waals surface area (Å²) in [5.74, 6) is 0.983. The Morgan fingerprint density at radius 3 is 3.00 bits per heavy atom. The predicted molar refractivity (Wildman–Crippen MR) is 76.6 cm³/mol. The van der Waals surface area contributed by atoms with Crippen molar-refractivity contribution in [3.8, 4) is 5.75 Å². The molecule has 0 bridgehead atoms. The second kappa shape index (κ2) is 6.10. The summed E-state index contributed by atoms with van der Waals surface area (Å²) in [5, 5.41) is 3.60. The maximum absolute atomic E-state index is 5.47. The fourth-order valence-corrected chi connectivity index (χ4v) is 2.54. The highest BCUT2D eigenvalue weighted by Crippen LogP contribution is 2.31. The molecule has 0 amide bonds. The monoisotopic (exact) mass is 248 g/mol. The lowest BCUT2D eigenvalue weighted by Gasteiger charge is -2.22. The average molecular weight is 248 g/mol. The molecule has 1 N–H and O–H groups in total. The third kappa shape index (κ3) is 2.96. The molecule has 0 radical (unpaired) electrons. The Morgan fingerprint density at radius 2 is 2.28 bits per heavy atom. The van der Waals surface area contributed by atoms with Gasteiger partial charge >= 0.3 is 0 Å². The number of hydrogen-bond acceptors (Lipinski definition) is 3. The van der Waals surface area contributed by atoms with Crippen LogP contribution in [-0.4, -0.2) is 32.8 Å². The van der Waals surface area contributed by atoms with E-state index in [-0.39, 0.29) is 0 Å². The number of rotatable bonds is 5. The summed E-state index contributed by atoms with van der Waals surface area (Å²) >= 11 is 0. The van der Waals surface area contributed by atoms with Crippen molar-refractivity contribution in [3.63, 3.8) is 0 Å². The number of ether oxygens (including phenoxy) is 1. The van der Waals surface area contributed by atoms with Gasteiger partial charge in [0.15, 0.2) is 0 Å². The molecule has 0 aromatic heterocycles. The first kappa shape index (κ1) is 13.2. The molecule has 3 heteroatoms. The molecule has 0 aliphatic carbocycles. The minimum Gasteiger partial charge on any atom is -0.495 e. The minimum atomic E-state index is 0.621. The lowest BCUT2D eigenvalue weighted by molar-refractivity contribution is 0.414. The topological polar surface area (TPSA) is 24.5 Å². The first-order chi connectivity index (χ1) is 8.74. The van der Waals surface area contributed by atoms with Gasteiger partial charge in [-0.15, -0.1) is 0 Å². The normalized spacial score (nSPS) is 19.3. The van der Waals surface area contributed by atoms with Crippen LogP contribution in [0.4, 0.5) is 5.69 Å². The predicted octanol–water partition coefficient (Wildman–Crippen LogP) is 2.58. The van der Waals surface area contributed by atoms with E-state index < -0.39 is 0 Å². The highest BCUT2D eigenvalue weighted by molar-refractivity contribution is 5.60. The Bertz CT molecular complexity index is 392. The van der Waals surface area contributed by atoms with Crippen molar-refractivity contribution in [2.45, 2.75) is 32.7 Å². The van der Waals surface area contributed by atoms with Crippen LogP contribution in [0.15, 0.2) is 18.2 Å². The summed E-state index contributed by atoms with van der Waals surface area (Å²) in [6, 6.07) is 7.01. The van der Waals surface area contributed by atoms with Gasteiger partial charge in [0, 0.05) is 19.1 Å². The van der Waals surface area contributed by atoms with E-state index in [2.05, 4.69) is 42.3 Å². The summed E-state index contributed by atoms with van der Waals surface area (Å²) < 4.78 is 5.47. The van der Waals surface area contributed by atoms with Crippen LogP contribution in [-0.2, 0) is 0 Å². The summed E-state index contributed by atoms with van der Waals surface area (Å²) in [6.45, 7) is 7.65. The number of methoxy groups -OCH3 is 1. The van der Waals surface area contributed by atoms with Gasteiger partial charge in [0.2, 0.25) is 0 Å². The zero-order valence-corrected chi connectivity index (χ0v) is 11.7. The zero-order valence-electron chi connectivity index (χ0n) is 11.7. The maximum atomic E-state index is 5.47. The van der Waals surface area contributed by atoms with Crippen LogP contribution in [0.3, 0.4) is 0 Å². The number of hydrogen-bond donors (Lipinski definition) is 1. The molecule has 1 aliphatic rings. The molecule has 1 fully saturated rings. The van der Waals surface area contributed by atoms with Crippen LogP contribution in [0.1, 0.15) is 25.3 Å². The van der Waals surface area contributed by atoms with Crippen molar-refractivity contribution < 1.29 is 4.74 Å². The first-order valence-corrected chi connectivity index (χ1v) is 6.87. The fraction of sp³-hybridized carbons (Fsp3) is 0.600. The van der Waals surface area contributed by atoms with E-state index >= 15 is 0 Å². The van der Waals surface area contributed by atoms with Crippen molar-refractivity contribution in [1.82, 2.24) is 5.32 Å². The number of nitrogens with zero attached hydrogens (tertiary/aromatic N) is 1. The molecule has 100 valence electrons. The Hall–Kier alpha value is -1.22. The van der Waals surface area contributed by atoms with Crippen molar-refractivity contribution in [2.75, 3.05) is 31.6 Å². The molecule has 2 rings (SSSR count). The SMILES string of the molecule is CCCNC1CCN(c2cc(C)ccc2OC)C1. The zero-order chi connectivity index (χ0) is 13.0. The molecule has 3 nitrogen and oxygen atoms in total. The van der Waals surface area contributed by atoms with Crippen molar-refractivity contribution in [3.05, 3.63) is 23.8 Å². The lowest BCUT2D eigenvalue weighted by Crippen LogP contribution is -2.33. The van der Waals surface area contributed by atoms with Gasteiger partial charge in [-0.1, -0.05) is 13.0 Å². The highest BCUT2D eigenvalue weighted by atomic mass is 16.5. The molecule has 1 aromatic rings. The molecule has 1 aromatic carbocycles. The smallest absolute Gasteiger partial charge is 0.142 e. The van der Waals surface area contributed by atoms with E-state index in [1.165, 1.54) is 24.1 Å². The summed E-state index contributed by atoms with van der Waals surface area (Å²) in [4.78, 5) is 2.43. The Kier molecular flexibility index (Phi) is 4.48. The quantitative estimate of drug-likeness (QED) is 0.867. The summed E-state index contributed by atoms with van der Waals surface area (Å²) in [5.41, 5.74) is 2.52. The lowest BCUT2D eigenvalue weighted by atomic mass is 10.2. The molecule has 1 heterocycles. The van der Waals surface area contributed by atoms with Crippen molar-refractivity contribution in [2.24, 2.45) is 0 Å². The van der Waals surface area contributed by atoms with Crippen molar-refractivity contribution in [1.29, 1.82) is 0 Å². The van der Waals surface area contributed by atoms with Gasteiger partial charge < -0.3 is 15.0 Å². The Labute approximate surface area is 110 Å². The van der Waals surface area contributed by atoms with Crippen LogP contribution in [0.2, 0.25) is 0 Å². The standard InChI is InChI=1S/C15H24N2O/c1-4-8-16-13-7-9-17(11-13)14-10-12(2)5-6-15(14)18-3/h5-6,10,13,16H,4,7-9,11H2,1-3H3. The Morgan fingerprint density at radius 1 is 1.44 bits per heavy atom. The first-order valence-electron chi connectivity index (χ1n) is 6.87. The van der Waals surface area contributed by atoms with Crippen LogP contribution in [0, 0.1) is 6.92 Å². The fourth-order valence-electron chi connectivity index (χ4n) is 2.54. The third-order valence-electron chi connectivity index (χ3n) is 3.55. The number of nitrogens with one attached hydrogen (secondary N) is 1. The largest absolute Gasteiger partial charge is 0.495 e. The van der Waals surface area contributed by atoms with E-state index in [4.69, 9.17) is 4.74 Å². The minimum absolute atomic E-state index is 0.621. The average Bonchev–Trinajstić information content (AvgIpc) is 2.85. The van der Waals surface area contributed by atoms with Crippen LogP contribution in [0.25, 0.3) is 0 Å². The van der Waals surface area contributed by atoms with Gasteiger partial charge in [-0.05, 0) is 44.0 Å². The van der Waals surface area contributed by atoms with E-state index in [1.54, 1.807) is 7.11 Å². The molecule has 1 saturated heterocycles. The Balaban J connectivity index is 2.06. The van der Waals surface area contributed by atoms with E-state index in [1.807, 2.05) is 0 Å². The molecular weight excluding hydrogens is 224 g/mol. The second-order valence-electron chi connectivity index (χ2n) is 5.06. The molecule has 1 aliphatic heterocycles. The molecular formula is C15H24N2O. The third-order valence-corrected chi connectivity index (χ3v) is 3.55. The van der Waals surface area contributed by atoms with E-state index in [9.17, 15) is 0 Å². The van der Waals surface area contributed by atoms with Gasteiger partial charge in [0.1, 0.15) is 5.75 Å². The van der Waals surface area contributed by atoms with Gasteiger partial charge in [-0.25, -0.2) is 0 Å². The highest BCUT2D eigenvalue weighted by Gasteiger charge is 2.23. The molecule has 1 atom stereocenters. The maximum Gasteiger partial charge on any atom is 0.142 e. The van der Waals surface area contributed by atoms with Gasteiger partial charge in [0.25, 0.3) is 0 Å². The van der Waals surface area contributed by atoms with Gasteiger partial charge in [-0.3, -0.25) is 0 Å². The van der Waals surface area contributed by atoms with Gasteiger partial charge in [0.05, 0.1) is 12.8 Å². The number of anilines is 1. The van der Waals surface area contributed by atoms with E-state index in [0.29, 0.717) is 6.04 Å². The van der Waals surface area contributed by atoms with Crippen molar-refractivity contribution >= 4 is 5.69 Å². The number of aryl methyl sites for hydroxylation is 1. The molecule has 1 unspecified atom stereocenters. The van der Waals surface area contributed by atoms with Crippen LogP contribution >= 0.6 is 0 Å². The molecule has 0 spiro atoms. The summed E-state index contributed by atoms with van der Waals surface area (Å²) in [6.07, 6.45) is 2.42. The molecule has 0 saturated carbocycles. The molecule has 18 heavy (non-hydrogen) atoms. The second-order valence-corrected chi connectivity index (χ2v) is 5.06. The van der Waals surface area contributed by atoms with Crippen LogP contribution < -0.4 is 15.0 Å².